The molecule has 0 radical (unpaired) electrons. The third-order valence-electron chi connectivity index (χ3n) is 2.15. The van der Waals surface area contributed by atoms with Crippen molar-refractivity contribution >= 4 is 35.3 Å². The maximum absolute atomic E-state index is 5.72. The van der Waals surface area contributed by atoms with E-state index in [2.05, 4.69) is 15.6 Å². The van der Waals surface area contributed by atoms with Crippen LogP contribution >= 0.6 is 35.3 Å². The molecule has 1 aliphatic rings. The van der Waals surface area contributed by atoms with E-state index in [9.17, 15) is 0 Å². The second-order valence-corrected chi connectivity index (χ2v) is 4.85. The van der Waals surface area contributed by atoms with Crippen molar-refractivity contribution in [1.29, 1.82) is 0 Å². The zero-order valence-corrected chi connectivity index (χ0v) is 10.0. The van der Waals surface area contributed by atoms with Crippen molar-refractivity contribution in [2.45, 2.75) is 19.0 Å². The fourth-order valence-electron chi connectivity index (χ4n) is 1.44. The summed E-state index contributed by atoms with van der Waals surface area (Å²) >= 11 is 7.27. The Morgan fingerprint density at radius 1 is 1.71 bits per heavy atom. The fraction of sp³-hybridized carbons (Fsp3) is 0.625. The molecule has 1 saturated heterocycles. The van der Waals surface area contributed by atoms with Gasteiger partial charge in [0.1, 0.15) is 0 Å². The Bertz CT molecular complexity index is 273. The summed E-state index contributed by atoms with van der Waals surface area (Å²) in [6.07, 6.45) is 3.05. The molecule has 3 nitrogen and oxygen atoms in total. The number of hydrogen-bond donors (Lipinski definition) is 2. The predicted octanol–water partition coefficient (Wildman–Crippen LogP) is 1.67. The Labute approximate surface area is 98.7 Å². The first kappa shape index (κ1) is 12.2. The summed E-state index contributed by atoms with van der Waals surface area (Å²) in [6.45, 7) is 3.09. The quantitative estimate of drug-likeness (QED) is 0.861. The fourth-order valence-corrected chi connectivity index (χ4v) is 2.37. The highest BCUT2D eigenvalue weighted by Gasteiger charge is 2.13. The molecule has 2 N–H and O–H groups in total. The van der Waals surface area contributed by atoms with Gasteiger partial charge in [-0.15, -0.1) is 23.7 Å². The molecular weight excluding hydrogens is 241 g/mol. The van der Waals surface area contributed by atoms with Gasteiger partial charge in [0.25, 0.3) is 0 Å². The van der Waals surface area contributed by atoms with Crippen LogP contribution in [0.25, 0.3) is 0 Å². The van der Waals surface area contributed by atoms with Crippen LogP contribution in [0, 0.1) is 0 Å². The Balaban J connectivity index is 0.000000980. The van der Waals surface area contributed by atoms with E-state index in [4.69, 9.17) is 11.6 Å². The molecule has 6 heteroatoms. The Morgan fingerprint density at radius 2 is 2.57 bits per heavy atom. The standard InChI is InChI=1S/C8H12ClN3S.ClH/c9-8-12-5-7(13-8)4-11-6-1-2-10-3-6;/h5-6,10-11H,1-4H2;1H/t6-;/m1./s1. The third-order valence-corrected chi connectivity index (χ3v) is 3.27. The van der Waals surface area contributed by atoms with E-state index < -0.39 is 0 Å². The normalized spacial score (nSPS) is 20.8. The molecular formula is C8H13Cl2N3S. The summed E-state index contributed by atoms with van der Waals surface area (Å²) in [5.74, 6) is 0. The van der Waals surface area contributed by atoms with Gasteiger partial charge < -0.3 is 10.6 Å². The van der Waals surface area contributed by atoms with Gasteiger partial charge in [-0.1, -0.05) is 11.6 Å². The van der Waals surface area contributed by atoms with E-state index in [1.54, 1.807) is 11.3 Å². The molecule has 0 spiro atoms. The van der Waals surface area contributed by atoms with Crippen LogP contribution in [0.3, 0.4) is 0 Å². The van der Waals surface area contributed by atoms with Crippen LogP contribution < -0.4 is 10.6 Å². The van der Waals surface area contributed by atoms with Gasteiger partial charge in [-0.3, -0.25) is 0 Å². The van der Waals surface area contributed by atoms with Crippen molar-refractivity contribution < 1.29 is 0 Å². The van der Waals surface area contributed by atoms with Crippen molar-refractivity contribution in [3.05, 3.63) is 15.5 Å². The molecule has 1 atom stereocenters. The van der Waals surface area contributed by atoms with Crippen molar-refractivity contribution in [3.8, 4) is 0 Å². The highest BCUT2D eigenvalue weighted by Crippen LogP contribution is 2.17. The topological polar surface area (TPSA) is 37.0 Å². The minimum atomic E-state index is 0. The van der Waals surface area contributed by atoms with Gasteiger partial charge in [-0.25, -0.2) is 4.98 Å². The Morgan fingerprint density at radius 3 is 3.14 bits per heavy atom. The summed E-state index contributed by atoms with van der Waals surface area (Å²) in [4.78, 5) is 5.20. The van der Waals surface area contributed by atoms with Crippen LogP contribution in [-0.2, 0) is 6.54 Å². The lowest BCUT2D eigenvalue weighted by atomic mass is 10.2. The maximum Gasteiger partial charge on any atom is 0.183 e. The minimum Gasteiger partial charge on any atom is -0.315 e. The smallest absolute Gasteiger partial charge is 0.183 e. The first-order valence-corrected chi connectivity index (χ1v) is 5.58. The van der Waals surface area contributed by atoms with E-state index in [-0.39, 0.29) is 12.4 Å². The molecule has 1 aromatic rings. The molecule has 0 amide bonds. The van der Waals surface area contributed by atoms with Crippen molar-refractivity contribution in [2.24, 2.45) is 0 Å². The van der Waals surface area contributed by atoms with Crippen molar-refractivity contribution in [3.63, 3.8) is 0 Å². The summed E-state index contributed by atoms with van der Waals surface area (Å²) in [6, 6.07) is 0.612. The first-order chi connectivity index (χ1) is 6.34. The predicted molar refractivity (Wildman–Crippen MR) is 62.5 cm³/mol. The van der Waals surface area contributed by atoms with Crippen LogP contribution in [-0.4, -0.2) is 24.1 Å². The lowest BCUT2D eigenvalue weighted by Gasteiger charge is -2.08. The van der Waals surface area contributed by atoms with E-state index in [1.807, 2.05) is 6.20 Å². The van der Waals surface area contributed by atoms with Gasteiger partial charge in [0.15, 0.2) is 4.47 Å². The number of rotatable bonds is 3. The molecule has 0 aliphatic carbocycles. The molecule has 0 saturated carbocycles. The minimum absolute atomic E-state index is 0. The number of thiazole rings is 1. The van der Waals surface area contributed by atoms with Gasteiger partial charge >= 0.3 is 0 Å². The van der Waals surface area contributed by atoms with Crippen LogP contribution in [0.2, 0.25) is 4.47 Å². The number of aromatic nitrogens is 1. The van der Waals surface area contributed by atoms with Crippen LogP contribution in [0.15, 0.2) is 6.20 Å². The molecule has 0 aromatic carbocycles. The second-order valence-electron chi connectivity index (χ2n) is 3.15. The average molecular weight is 254 g/mol. The average Bonchev–Trinajstić information content (AvgIpc) is 2.71. The van der Waals surface area contributed by atoms with Gasteiger partial charge in [-0.2, -0.15) is 0 Å². The summed E-state index contributed by atoms with van der Waals surface area (Å²) in [5, 5.41) is 6.77. The van der Waals surface area contributed by atoms with Gasteiger partial charge in [0, 0.05) is 30.2 Å². The molecule has 2 heterocycles. The van der Waals surface area contributed by atoms with Gasteiger partial charge in [0.05, 0.1) is 0 Å². The molecule has 2 rings (SSSR count). The van der Waals surface area contributed by atoms with Crippen molar-refractivity contribution in [2.75, 3.05) is 13.1 Å². The third kappa shape index (κ3) is 3.37. The SMILES string of the molecule is Cl.Clc1ncc(CN[C@@H]2CCNC2)s1. The maximum atomic E-state index is 5.72. The zero-order valence-electron chi connectivity index (χ0n) is 7.62. The zero-order chi connectivity index (χ0) is 9.10. The second kappa shape index (κ2) is 5.88. The highest BCUT2D eigenvalue weighted by atomic mass is 35.5. The molecule has 1 fully saturated rings. The lowest BCUT2D eigenvalue weighted by molar-refractivity contribution is 0.550. The number of hydrogen-bond acceptors (Lipinski definition) is 4. The Hall–Kier alpha value is 0.130. The molecule has 14 heavy (non-hydrogen) atoms. The lowest BCUT2D eigenvalue weighted by Crippen LogP contribution is -2.30. The van der Waals surface area contributed by atoms with Gasteiger partial charge in [0.2, 0.25) is 0 Å². The molecule has 80 valence electrons. The van der Waals surface area contributed by atoms with E-state index in [1.165, 1.54) is 11.3 Å². The van der Waals surface area contributed by atoms with E-state index in [0.29, 0.717) is 10.5 Å². The summed E-state index contributed by atoms with van der Waals surface area (Å²) in [5.41, 5.74) is 0. The summed E-state index contributed by atoms with van der Waals surface area (Å²) < 4.78 is 0.626. The molecule has 1 aromatic heterocycles. The highest BCUT2D eigenvalue weighted by molar-refractivity contribution is 7.15. The molecule has 0 unspecified atom stereocenters. The molecule has 0 bridgehead atoms. The van der Waals surface area contributed by atoms with Crippen LogP contribution in [0.1, 0.15) is 11.3 Å². The van der Waals surface area contributed by atoms with Crippen molar-refractivity contribution in [1.82, 2.24) is 15.6 Å². The van der Waals surface area contributed by atoms with Crippen LogP contribution in [0.4, 0.5) is 0 Å². The number of nitrogens with one attached hydrogen (secondary N) is 2. The van der Waals surface area contributed by atoms with E-state index >= 15 is 0 Å². The first-order valence-electron chi connectivity index (χ1n) is 4.39. The monoisotopic (exact) mass is 253 g/mol. The number of nitrogens with zero attached hydrogens (tertiary/aromatic N) is 1. The largest absolute Gasteiger partial charge is 0.315 e. The van der Waals surface area contributed by atoms with Gasteiger partial charge in [-0.05, 0) is 13.0 Å². The molecule has 1 aliphatic heterocycles. The Kier molecular flexibility index (Phi) is 5.12. The summed E-state index contributed by atoms with van der Waals surface area (Å²) in [7, 11) is 0. The number of halogens is 2. The van der Waals surface area contributed by atoms with Crippen LogP contribution in [0.5, 0.6) is 0 Å². The van der Waals surface area contributed by atoms with E-state index in [0.717, 1.165) is 19.6 Å².